The van der Waals surface area contributed by atoms with Crippen molar-refractivity contribution in [1.82, 2.24) is 0 Å². The molecule has 4 rings (SSSR count). The first kappa shape index (κ1) is 21.9. The Hall–Kier alpha value is -3.35. The fourth-order valence-electron chi connectivity index (χ4n) is 3.49. The van der Waals surface area contributed by atoms with Crippen molar-refractivity contribution in [3.05, 3.63) is 46.8 Å². The van der Waals surface area contributed by atoms with E-state index in [1.165, 1.54) is 24.3 Å². The van der Waals surface area contributed by atoms with Crippen molar-refractivity contribution >= 4 is 11.0 Å². The number of aliphatic hydroxyl groups is 4. The minimum atomic E-state index is -1.78. The van der Waals surface area contributed by atoms with Crippen LogP contribution in [0.2, 0.25) is 0 Å². The highest BCUT2D eigenvalue weighted by atomic mass is 16.7. The zero-order valence-corrected chi connectivity index (χ0v) is 16.3. The normalized spacial score (nSPS) is 25.7. The lowest BCUT2D eigenvalue weighted by Gasteiger charge is -2.39. The highest BCUT2D eigenvalue weighted by Gasteiger charge is 2.45. The highest BCUT2D eigenvalue weighted by molar-refractivity contribution is 5.93. The molecule has 32 heavy (non-hydrogen) atoms. The van der Waals surface area contributed by atoms with Crippen LogP contribution in [0.5, 0.6) is 23.0 Å². The fraction of sp³-hybridized carbons (Fsp3) is 0.286. The molecule has 0 spiro atoms. The van der Waals surface area contributed by atoms with Gasteiger partial charge in [-0.05, 0) is 17.7 Å². The molecule has 11 nitrogen and oxygen atoms in total. The number of phenols is 3. The Balaban J connectivity index is 1.80. The van der Waals surface area contributed by atoms with Crippen molar-refractivity contribution in [2.24, 2.45) is 0 Å². The molecule has 0 unspecified atom stereocenters. The average Bonchev–Trinajstić information content (AvgIpc) is 2.77. The molecule has 0 aliphatic carbocycles. The Labute approximate surface area is 179 Å². The minimum absolute atomic E-state index is 0.0121. The van der Waals surface area contributed by atoms with E-state index < -0.39 is 60.0 Å². The number of ether oxygens (including phenoxy) is 2. The van der Waals surface area contributed by atoms with E-state index in [4.69, 9.17) is 13.9 Å². The number of aliphatic hydroxyl groups excluding tert-OH is 4. The van der Waals surface area contributed by atoms with Gasteiger partial charge in [0.1, 0.15) is 47.6 Å². The number of fused-ring (bicyclic) bond motifs is 1. The molecular formula is C21H20O11. The summed E-state index contributed by atoms with van der Waals surface area (Å²) in [6.45, 7) is -0.696. The van der Waals surface area contributed by atoms with Crippen LogP contribution >= 0.6 is 0 Å². The smallest absolute Gasteiger partial charge is 0.229 e. The first-order valence-corrected chi connectivity index (χ1v) is 9.50. The fourth-order valence-corrected chi connectivity index (χ4v) is 3.49. The largest absolute Gasteiger partial charge is 0.508 e. The van der Waals surface area contributed by atoms with Crippen molar-refractivity contribution < 1.29 is 49.6 Å². The lowest BCUT2D eigenvalue weighted by molar-refractivity contribution is -0.277. The van der Waals surface area contributed by atoms with E-state index in [9.17, 15) is 40.5 Å². The molecule has 0 amide bonds. The topological polar surface area (TPSA) is 190 Å². The summed E-state index contributed by atoms with van der Waals surface area (Å²) >= 11 is 0. The second-order valence-corrected chi connectivity index (χ2v) is 7.29. The van der Waals surface area contributed by atoms with Gasteiger partial charge in [-0.2, -0.15) is 0 Å². The van der Waals surface area contributed by atoms with E-state index in [1.807, 2.05) is 0 Å². The van der Waals surface area contributed by atoms with Crippen molar-refractivity contribution in [2.45, 2.75) is 30.7 Å². The van der Waals surface area contributed by atoms with Crippen LogP contribution in [0.3, 0.4) is 0 Å². The van der Waals surface area contributed by atoms with Gasteiger partial charge in [0.2, 0.25) is 17.5 Å². The van der Waals surface area contributed by atoms with Crippen LogP contribution in [0.4, 0.5) is 0 Å². The Morgan fingerprint density at radius 2 is 1.62 bits per heavy atom. The van der Waals surface area contributed by atoms with Gasteiger partial charge in [0.15, 0.2) is 11.3 Å². The number of benzene rings is 2. The molecule has 170 valence electrons. The molecular weight excluding hydrogens is 428 g/mol. The quantitative estimate of drug-likeness (QED) is 0.279. The summed E-state index contributed by atoms with van der Waals surface area (Å²) in [5, 5.41) is 69.0. The Morgan fingerprint density at radius 1 is 0.938 bits per heavy atom. The molecule has 7 N–H and O–H groups in total. The van der Waals surface area contributed by atoms with Crippen molar-refractivity contribution in [3.8, 4) is 34.1 Å². The summed E-state index contributed by atoms with van der Waals surface area (Å²) in [6, 6.07) is 6.50. The second kappa shape index (κ2) is 8.30. The molecule has 1 aliphatic rings. The predicted octanol–water partition coefficient (Wildman–Crippen LogP) is -0.245. The Morgan fingerprint density at radius 3 is 2.28 bits per heavy atom. The van der Waals surface area contributed by atoms with Crippen molar-refractivity contribution in [3.63, 3.8) is 0 Å². The number of rotatable bonds is 4. The van der Waals surface area contributed by atoms with E-state index in [-0.39, 0.29) is 22.3 Å². The molecule has 0 bridgehead atoms. The highest BCUT2D eigenvalue weighted by Crippen LogP contribution is 2.41. The third-order valence-electron chi connectivity index (χ3n) is 5.22. The predicted molar refractivity (Wildman–Crippen MR) is 107 cm³/mol. The maximum absolute atomic E-state index is 13.0. The third kappa shape index (κ3) is 3.61. The minimum Gasteiger partial charge on any atom is -0.508 e. The van der Waals surface area contributed by atoms with Gasteiger partial charge in [0, 0.05) is 6.07 Å². The monoisotopic (exact) mass is 448 g/mol. The van der Waals surface area contributed by atoms with Crippen LogP contribution in [0, 0.1) is 0 Å². The molecule has 1 saturated heterocycles. The SMILES string of the molecule is O=c1c(-c2ccc(O)cc2)coc2c(O[C@H]3O[C@@H](CO)[C@H](O)[C@@H](O)[C@@H]3O)c(O)cc(O)c12. The molecule has 0 radical (unpaired) electrons. The molecule has 1 aliphatic heterocycles. The number of hydrogen-bond acceptors (Lipinski definition) is 11. The van der Waals surface area contributed by atoms with E-state index in [1.54, 1.807) is 0 Å². The molecule has 5 atom stereocenters. The average molecular weight is 448 g/mol. The van der Waals surface area contributed by atoms with E-state index in [0.717, 1.165) is 12.3 Å². The maximum Gasteiger partial charge on any atom is 0.229 e. The maximum atomic E-state index is 13.0. The van der Waals surface area contributed by atoms with Crippen LogP contribution < -0.4 is 10.2 Å². The van der Waals surface area contributed by atoms with E-state index >= 15 is 0 Å². The lowest BCUT2D eigenvalue weighted by Crippen LogP contribution is -2.60. The zero-order chi connectivity index (χ0) is 23.2. The van der Waals surface area contributed by atoms with Crippen molar-refractivity contribution in [1.29, 1.82) is 0 Å². The van der Waals surface area contributed by atoms with Crippen LogP contribution in [0.25, 0.3) is 22.1 Å². The molecule has 2 aromatic carbocycles. The van der Waals surface area contributed by atoms with E-state index in [0.29, 0.717) is 5.56 Å². The van der Waals surface area contributed by atoms with Crippen LogP contribution in [-0.2, 0) is 4.74 Å². The van der Waals surface area contributed by atoms with Gasteiger partial charge < -0.3 is 49.6 Å². The summed E-state index contributed by atoms with van der Waals surface area (Å²) in [5.74, 6) is -1.75. The molecule has 0 saturated carbocycles. The van der Waals surface area contributed by atoms with Gasteiger partial charge in [-0.15, -0.1) is 0 Å². The lowest BCUT2D eigenvalue weighted by atomic mass is 9.99. The number of phenolic OH excluding ortho intramolecular Hbond substituents is 3. The summed E-state index contributed by atoms with van der Waals surface area (Å²) in [4.78, 5) is 13.0. The molecule has 1 aromatic heterocycles. The molecule has 3 aromatic rings. The second-order valence-electron chi connectivity index (χ2n) is 7.29. The van der Waals surface area contributed by atoms with Crippen LogP contribution in [0.15, 0.2) is 45.8 Å². The van der Waals surface area contributed by atoms with Crippen LogP contribution in [-0.4, -0.2) is 73.1 Å². The van der Waals surface area contributed by atoms with Crippen molar-refractivity contribution in [2.75, 3.05) is 6.61 Å². The first-order valence-electron chi connectivity index (χ1n) is 9.50. The summed E-state index contributed by atoms with van der Waals surface area (Å²) < 4.78 is 16.2. The first-order chi connectivity index (χ1) is 15.2. The van der Waals surface area contributed by atoms with Crippen LogP contribution in [0.1, 0.15) is 0 Å². The van der Waals surface area contributed by atoms with E-state index in [2.05, 4.69) is 0 Å². The van der Waals surface area contributed by atoms with Gasteiger partial charge in [0.25, 0.3) is 0 Å². The number of hydrogen-bond donors (Lipinski definition) is 7. The summed E-state index contributed by atoms with van der Waals surface area (Å²) in [5.41, 5.74) is -0.598. The number of aromatic hydroxyl groups is 3. The molecule has 1 fully saturated rings. The third-order valence-corrected chi connectivity index (χ3v) is 5.22. The summed E-state index contributed by atoms with van der Waals surface area (Å²) in [6.07, 6.45) is -6.99. The Bertz CT molecular complexity index is 1190. The van der Waals surface area contributed by atoms with Gasteiger partial charge in [-0.25, -0.2) is 0 Å². The van der Waals surface area contributed by atoms with Gasteiger partial charge in [0.05, 0.1) is 12.2 Å². The van der Waals surface area contributed by atoms with Gasteiger partial charge in [-0.3, -0.25) is 4.79 Å². The summed E-state index contributed by atoms with van der Waals surface area (Å²) in [7, 11) is 0. The Kier molecular flexibility index (Phi) is 5.67. The zero-order valence-electron chi connectivity index (χ0n) is 16.3. The standard InChI is InChI=1S/C21H20O11/c22-6-13-16(27)17(28)18(29)21(31-13)32-19-12(25)5-11(24)14-15(26)10(7-30-20(14)19)8-1-3-9(23)4-2-8/h1-5,7,13,16-18,21-25,27-29H,6H2/t13-,16-,17+,18-,21+/m0/s1. The molecule has 11 heteroatoms. The van der Waals surface area contributed by atoms with Gasteiger partial charge >= 0.3 is 0 Å². The van der Waals surface area contributed by atoms with Gasteiger partial charge in [-0.1, -0.05) is 12.1 Å². The molecule has 2 heterocycles.